The molecule has 2 heteroatoms. The number of nitrogens with one attached hydrogen (secondary N) is 1. The summed E-state index contributed by atoms with van der Waals surface area (Å²) in [5.41, 5.74) is 0. The summed E-state index contributed by atoms with van der Waals surface area (Å²) in [4.78, 5) is 0. The maximum atomic E-state index is 12.9. The van der Waals surface area contributed by atoms with Gasteiger partial charge in [-0.15, -0.1) is 0 Å². The summed E-state index contributed by atoms with van der Waals surface area (Å²) in [6, 6.07) is 0.00606. The summed E-state index contributed by atoms with van der Waals surface area (Å²) < 4.78 is 12.9. The SMILES string of the molecule is CCCCC(F)C(C)NC. The van der Waals surface area contributed by atoms with Gasteiger partial charge in [0.2, 0.25) is 0 Å². The molecule has 2 atom stereocenters. The van der Waals surface area contributed by atoms with Crippen LogP contribution in [-0.4, -0.2) is 19.3 Å². The van der Waals surface area contributed by atoms with Crippen molar-refractivity contribution in [2.45, 2.75) is 45.3 Å². The van der Waals surface area contributed by atoms with Crippen LogP contribution in [-0.2, 0) is 0 Å². The van der Waals surface area contributed by atoms with Crippen LogP contribution in [0.5, 0.6) is 0 Å². The van der Waals surface area contributed by atoms with Crippen molar-refractivity contribution in [2.24, 2.45) is 0 Å². The summed E-state index contributed by atoms with van der Waals surface area (Å²) in [5.74, 6) is 0. The molecule has 0 heterocycles. The molecule has 0 fully saturated rings. The smallest absolute Gasteiger partial charge is 0.115 e. The second-order valence-corrected chi connectivity index (χ2v) is 2.74. The predicted molar refractivity (Wildman–Crippen MR) is 42.9 cm³/mol. The maximum Gasteiger partial charge on any atom is 0.115 e. The van der Waals surface area contributed by atoms with E-state index < -0.39 is 6.17 Å². The van der Waals surface area contributed by atoms with Crippen molar-refractivity contribution in [2.75, 3.05) is 7.05 Å². The molecular formula is C8H18FN. The highest BCUT2D eigenvalue weighted by Gasteiger charge is 2.12. The molecule has 1 N–H and O–H groups in total. The topological polar surface area (TPSA) is 12.0 Å². The third-order valence-electron chi connectivity index (χ3n) is 1.83. The van der Waals surface area contributed by atoms with Crippen molar-refractivity contribution in [1.82, 2.24) is 5.32 Å². The highest BCUT2D eigenvalue weighted by molar-refractivity contribution is 4.68. The fourth-order valence-electron chi connectivity index (χ4n) is 0.830. The van der Waals surface area contributed by atoms with E-state index in [2.05, 4.69) is 12.2 Å². The van der Waals surface area contributed by atoms with Crippen molar-refractivity contribution in [3.05, 3.63) is 0 Å². The molecule has 0 rings (SSSR count). The molecule has 0 aromatic carbocycles. The minimum Gasteiger partial charge on any atom is -0.314 e. The quantitative estimate of drug-likeness (QED) is 0.628. The highest BCUT2D eigenvalue weighted by atomic mass is 19.1. The number of alkyl halides is 1. The normalized spacial score (nSPS) is 16.8. The van der Waals surface area contributed by atoms with Gasteiger partial charge in [-0.3, -0.25) is 0 Å². The zero-order valence-corrected chi connectivity index (χ0v) is 7.15. The summed E-state index contributed by atoms with van der Waals surface area (Å²) in [6.07, 6.45) is 2.09. The largest absolute Gasteiger partial charge is 0.314 e. The van der Waals surface area contributed by atoms with Gasteiger partial charge in [0.1, 0.15) is 6.17 Å². The molecule has 0 aliphatic rings. The molecular weight excluding hydrogens is 129 g/mol. The number of unbranched alkanes of at least 4 members (excludes halogenated alkanes) is 1. The monoisotopic (exact) mass is 147 g/mol. The lowest BCUT2D eigenvalue weighted by atomic mass is 10.1. The van der Waals surface area contributed by atoms with Crippen molar-refractivity contribution in [1.29, 1.82) is 0 Å². The van der Waals surface area contributed by atoms with Crippen LogP contribution in [0, 0.1) is 0 Å². The van der Waals surface area contributed by atoms with Crippen LogP contribution >= 0.6 is 0 Å². The van der Waals surface area contributed by atoms with Gasteiger partial charge in [0, 0.05) is 6.04 Å². The number of hydrogen-bond acceptors (Lipinski definition) is 1. The molecule has 0 saturated carbocycles. The van der Waals surface area contributed by atoms with Gasteiger partial charge in [-0.05, 0) is 20.4 Å². The molecule has 0 saturated heterocycles. The Balaban J connectivity index is 3.31. The Morgan fingerprint density at radius 1 is 1.50 bits per heavy atom. The van der Waals surface area contributed by atoms with Crippen LogP contribution in [0.25, 0.3) is 0 Å². The molecule has 0 spiro atoms. The third-order valence-corrected chi connectivity index (χ3v) is 1.83. The van der Waals surface area contributed by atoms with Crippen LogP contribution in [0.3, 0.4) is 0 Å². The van der Waals surface area contributed by atoms with Crippen LogP contribution in [0.1, 0.15) is 33.1 Å². The van der Waals surface area contributed by atoms with E-state index in [1.165, 1.54) is 0 Å². The summed E-state index contributed by atoms with van der Waals surface area (Å²) >= 11 is 0. The van der Waals surface area contributed by atoms with Gasteiger partial charge in [0.25, 0.3) is 0 Å². The zero-order valence-electron chi connectivity index (χ0n) is 7.15. The van der Waals surface area contributed by atoms with Crippen LogP contribution in [0.4, 0.5) is 4.39 Å². The van der Waals surface area contributed by atoms with E-state index >= 15 is 0 Å². The van der Waals surface area contributed by atoms with Gasteiger partial charge in [0.15, 0.2) is 0 Å². The molecule has 1 nitrogen and oxygen atoms in total. The molecule has 0 bridgehead atoms. The fourth-order valence-corrected chi connectivity index (χ4v) is 0.830. The van der Waals surface area contributed by atoms with Gasteiger partial charge >= 0.3 is 0 Å². The van der Waals surface area contributed by atoms with Crippen molar-refractivity contribution in [3.8, 4) is 0 Å². The predicted octanol–water partition coefficient (Wildman–Crippen LogP) is 2.12. The molecule has 0 amide bonds. The van der Waals surface area contributed by atoms with Gasteiger partial charge in [0.05, 0.1) is 0 Å². The minimum atomic E-state index is -0.676. The van der Waals surface area contributed by atoms with Crippen LogP contribution in [0.2, 0.25) is 0 Å². The molecule has 2 unspecified atom stereocenters. The Morgan fingerprint density at radius 2 is 2.10 bits per heavy atom. The number of rotatable bonds is 5. The van der Waals surface area contributed by atoms with E-state index in [1.807, 2.05) is 6.92 Å². The van der Waals surface area contributed by atoms with E-state index in [9.17, 15) is 4.39 Å². The summed E-state index contributed by atoms with van der Waals surface area (Å²) in [7, 11) is 1.79. The fraction of sp³-hybridized carbons (Fsp3) is 1.00. The Kier molecular flexibility index (Phi) is 5.60. The maximum absolute atomic E-state index is 12.9. The van der Waals surface area contributed by atoms with Crippen LogP contribution < -0.4 is 5.32 Å². The average Bonchev–Trinajstić information content (AvgIpc) is 1.98. The molecule has 0 aromatic rings. The van der Waals surface area contributed by atoms with Gasteiger partial charge in [-0.25, -0.2) is 4.39 Å². The molecule has 62 valence electrons. The van der Waals surface area contributed by atoms with Gasteiger partial charge < -0.3 is 5.32 Å². The Hall–Kier alpha value is -0.110. The van der Waals surface area contributed by atoms with Gasteiger partial charge in [-0.2, -0.15) is 0 Å². The first-order valence-electron chi connectivity index (χ1n) is 4.03. The van der Waals surface area contributed by atoms with E-state index in [4.69, 9.17) is 0 Å². The Bertz CT molecular complexity index is 75.7. The number of hydrogen-bond donors (Lipinski definition) is 1. The third kappa shape index (κ3) is 3.83. The average molecular weight is 147 g/mol. The molecule has 0 aliphatic heterocycles. The standard InChI is InChI=1S/C8H18FN/c1-4-5-6-8(9)7(2)10-3/h7-8,10H,4-6H2,1-3H3. The van der Waals surface area contributed by atoms with Crippen molar-refractivity contribution < 1.29 is 4.39 Å². The summed E-state index contributed by atoms with van der Waals surface area (Å²) in [6.45, 7) is 3.96. The van der Waals surface area contributed by atoms with E-state index in [1.54, 1.807) is 7.05 Å². The van der Waals surface area contributed by atoms with E-state index in [0.717, 1.165) is 12.8 Å². The van der Waals surface area contributed by atoms with Crippen molar-refractivity contribution >= 4 is 0 Å². The second-order valence-electron chi connectivity index (χ2n) is 2.74. The molecule has 0 aromatic heterocycles. The zero-order chi connectivity index (χ0) is 7.98. The van der Waals surface area contributed by atoms with Gasteiger partial charge in [-0.1, -0.05) is 19.8 Å². The lowest BCUT2D eigenvalue weighted by Gasteiger charge is -2.14. The lowest BCUT2D eigenvalue weighted by Crippen LogP contribution is -2.31. The molecule has 0 radical (unpaired) electrons. The first-order valence-corrected chi connectivity index (χ1v) is 4.03. The summed E-state index contributed by atoms with van der Waals surface area (Å²) in [5, 5.41) is 2.90. The Labute approximate surface area is 63.0 Å². The van der Waals surface area contributed by atoms with E-state index in [0.29, 0.717) is 6.42 Å². The lowest BCUT2D eigenvalue weighted by molar-refractivity contribution is 0.248. The highest BCUT2D eigenvalue weighted by Crippen LogP contribution is 2.07. The first kappa shape index (κ1) is 9.89. The minimum absolute atomic E-state index is 0.00606. The first-order chi connectivity index (χ1) is 4.72. The molecule has 10 heavy (non-hydrogen) atoms. The molecule has 0 aliphatic carbocycles. The number of halogens is 1. The van der Waals surface area contributed by atoms with E-state index in [-0.39, 0.29) is 6.04 Å². The second kappa shape index (κ2) is 5.66. The van der Waals surface area contributed by atoms with Crippen LogP contribution in [0.15, 0.2) is 0 Å². The van der Waals surface area contributed by atoms with Crippen molar-refractivity contribution in [3.63, 3.8) is 0 Å². The Morgan fingerprint density at radius 3 is 2.50 bits per heavy atom.